The van der Waals surface area contributed by atoms with E-state index in [-0.39, 0.29) is 0 Å². The van der Waals surface area contributed by atoms with E-state index in [9.17, 15) is 0 Å². The highest BCUT2D eigenvalue weighted by molar-refractivity contribution is 6.18. The highest BCUT2D eigenvalue weighted by atomic mass is 35.5. The van der Waals surface area contributed by atoms with Gasteiger partial charge in [0.2, 0.25) is 0 Å². The third-order valence-electron chi connectivity index (χ3n) is 3.08. The SMILES string of the molecule is CC(C)COCCN1CCCN(CCCl)CC1. The minimum Gasteiger partial charge on any atom is -0.380 e. The van der Waals surface area contributed by atoms with Crippen LogP contribution in [-0.4, -0.2) is 68.2 Å². The number of rotatable bonds is 7. The molecule has 1 heterocycles. The van der Waals surface area contributed by atoms with E-state index in [1.54, 1.807) is 0 Å². The van der Waals surface area contributed by atoms with Crippen molar-refractivity contribution in [2.24, 2.45) is 5.92 Å². The van der Waals surface area contributed by atoms with E-state index in [2.05, 4.69) is 23.6 Å². The van der Waals surface area contributed by atoms with Crippen molar-refractivity contribution in [3.63, 3.8) is 0 Å². The summed E-state index contributed by atoms with van der Waals surface area (Å²) < 4.78 is 5.64. The molecule has 0 aromatic carbocycles. The van der Waals surface area contributed by atoms with Crippen LogP contribution in [0.3, 0.4) is 0 Å². The average Bonchev–Trinajstić information content (AvgIpc) is 2.51. The number of hydrogen-bond donors (Lipinski definition) is 0. The zero-order valence-corrected chi connectivity index (χ0v) is 12.1. The number of nitrogens with zero attached hydrogens (tertiary/aromatic N) is 2. The molecule has 102 valence electrons. The van der Waals surface area contributed by atoms with Gasteiger partial charge in [0.25, 0.3) is 0 Å². The van der Waals surface area contributed by atoms with Gasteiger partial charge in [0, 0.05) is 38.7 Å². The van der Waals surface area contributed by atoms with Gasteiger partial charge in [0.15, 0.2) is 0 Å². The van der Waals surface area contributed by atoms with Crippen molar-refractivity contribution in [2.75, 3.05) is 58.4 Å². The average molecular weight is 263 g/mol. The second kappa shape index (κ2) is 9.15. The first-order valence-corrected chi connectivity index (χ1v) is 7.34. The first kappa shape index (κ1) is 15.2. The molecule has 1 aliphatic rings. The summed E-state index contributed by atoms with van der Waals surface area (Å²) in [6.07, 6.45) is 1.25. The molecule has 4 heteroatoms. The van der Waals surface area contributed by atoms with Crippen LogP contribution in [0.5, 0.6) is 0 Å². The predicted molar refractivity (Wildman–Crippen MR) is 73.9 cm³/mol. The molecule has 17 heavy (non-hydrogen) atoms. The molecule has 0 bridgehead atoms. The van der Waals surface area contributed by atoms with Gasteiger partial charge in [0.05, 0.1) is 6.61 Å². The van der Waals surface area contributed by atoms with E-state index in [4.69, 9.17) is 16.3 Å². The summed E-state index contributed by atoms with van der Waals surface area (Å²) in [5.74, 6) is 1.38. The Morgan fingerprint density at radius 3 is 2.29 bits per heavy atom. The lowest BCUT2D eigenvalue weighted by molar-refractivity contribution is 0.0863. The van der Waals surface area contributed by atoms with E-state index in [1.807, 2.05) is 0 Å². The van der Waals surface area contributed by atoms with Crippen LogP contribution in [-0.2, 0) is 4.74 Å². The molecule has 0 aromatic rings. The summed E-state index contributed by atoms with van der Waals surface area (Å²) in [4.78, 5) is 4.97. The Hall–Kier alpha value is 0.170. The molecule has 0 spiro atoms. The first-order chi connectivity index (χ1) is 8.22. The van der Waals surface area contributed by atoms with Crippen molar-refractivity contribution in [1.82, 2.24) is 9.80 Å². The van der Waals surface area contributed by atoms with Crippen LogP contribution >= 0.6 is 11.6 Å². The van der Waals surface area contributed by atoms with Crippen LogP contribution in [0.4, 0.5) is 0 Å². The summed E-state index contributed by atoms with van der Waals surface area (Å²) >= 11 is 5.78. The maximum absolute atomic E-state index is 5.78. The first-order valence-electron chi connectivity index (χ1n) is 6.80. The van der Waals surface area contributed by atoms with Gasteiger partial charge in [0.1, 0.15) is 0 Å². The van der Waals surface area contributed by atoms with Crippen molar-refractivity contribution < 1.29 is 4.74 Å². The van der Waals surface area contributed by atoms with E-state index >= 15 is 0 Å². The number of hydrogen-bond acceptors (Lipinski definition) is 3. The summed E-state index contributed by atoms with van der Waals surface area (Å²) in [6.45, 7) is 12.9. The number of halogens is 1. The van der Waals surface area contributed by atoms with Crippen LogP contribution < -0.4 is 0 Å². The smallest absolute Gasteiger partial charge is 0.0593 e. The van der Waals surface area contributed by atoms with Crippen LogP contribution in [0.25, 0.3) is 0 Å². The Morgan fingerprint density at radius 2 is 1.71 bits per heavy atom. The molecule has 1 aliphatic heterocycles. The largest absolute Gasteiger partial charge is 0.380 e. The molecule has 0 N–H and O–H groups in total. The summed E-state index contributed by atoms with van der Waals surface area (Å²) in [5.41, 5.74) is 0. The fourth-order valence-corrected chi connectivity index (χ4v) is 2.34. The Morgan fingerprint density at radius 1 is 1.06 bits per heavy atom. The molecule has 1 saturated heterocycles. The van der Waals surface area contributed by atoms with Crippen LogP contribution in [0.1, 0.15) is 20.3 Å². The summed E-state index contributed by atoms with van der Waals surface area (Å²) in [6, 6.07) is 0. The monoisotopic (exact) mass is 262 g/mol. The van der Waals surface area contributed by atoms with Crippen LogP contribution in [0.2, 0.25) is 0 Å². The molecule has 0 radical (unpaired) electrons. The van der Waals surface area contributed by atoms with Gasteiger partial charge in [-0.05, 0) is 25.4 Å². The van der Waals surface area contributed by atoms with Crippen molar-refractivity contribution in [3.05, 3.63) is 0 Å². The normalized spacial score (nSPS) is 19.8. The Labute approximate surface area is 111 Å². The topological polar surface area (TPSA) is 15.7 Å². The molecule has 0 aromatic heterocycles. The Balaban J connectivity index is 2.09. The zero-order chi connectivity index (χ0) is 12.5. The Bertz CT molecular complexity index is 190. The fraction of sp³-hybridized carbons (Fsp3) is 1.00. The highest BCUT2D eigenvalue weighted by Crippen LogP contribution is 2.03. The Kier molecular flexibility index (Phi) is 8.19. The molecule has 0 aliphatic carbocycles. The summed E-state index contributed by atoms with van der Waals surface area (Å²) in [7, 11) is 0. The van der Waals surface area contributed by atoms with Gasteiger partial charge in [-0.3, -0.25) is 4.90 Å². The molecule has 0 unspecified atom stereocenters. The maximum Gasteiger partial charge on any atom is 0.0593 e. The van der Waals surface area contributed by atoms with E-state index in [0.29, 0.717) is 5.92 Å². The zero-order valence-electron chi connectivity index (χ0n) is 11.3. The lowest BCUT2D eigenvalue weighted by atomic mass is 10.2. The maximum atomic E-state index is 5.78. The van der Waals surface area contributed by atoms with Gasteiger partial charge in [-0.25, -0.2) is 0 Å². The number of ether oxygens (including phenoxy) is 1. The third-order valence-corrected chi connectivity index (χ3v) is 3.25. The van der Waals surface area contributed by atoms with E-state index < -0.39 is 0 Å². The molecule has 3 nitrogen and oxygen atoms in total. The van der Waals surface area contributed by atoms with Gasteiger partial charge in [-0.1, -0.05) is 13.8 Å². The lowest BCUT2D eigenvalue weighted by Gasteiger charge is -2.21. The summed E-state index contributed by atoms with van der Waals surface area (Å²) in [5, 5.41) is 0. The fourth-order valence-electron chi connectivity index (χ4n) is 2.10. The van der Waals surface area contributed by atoms with Gasteiger partial charge in [-0.2, -0.15) is 0 Å². The molecule has 1 fully saturated rings. The van der Waals surface area contributed by atoms with E-state index in [1.165, 1.54) is 19.5 Å². The molecule has 1 rings (SSSR count). The molecular formula is C13H27ClN2O. The highest BCUT2D eigenvalue weighted by Gasteiger charge is 2.13. The second-order valence-corrected chi connectivity index (χ2v) is 5.57. The minimum absolute atomic E-state index is 0.637. The van der Waals surface area contributed by atoms with Crippen molar-refractivity contribution in [3.8, 4) is 0 Å². The minimum atomic E-state index is 0.637. The van der Waals surface area contributed by atoms with Gasteiger partial charge in [-0.15, -0.1) is 11.6 Å². The van der Waals surface area contributed by atoms with Crippen molar-refractivity contribution in [2.45, 2.75) is 20.3 Å². The molecule has 0 amide bonds. The van der Waals surface area contributed by atoms with Crippen LogP contribution in [0.15, 0.2) is 0 Å². The van der Waals surface area contributed by atoms with Crippen LogP contribution in [0, 0.1) is 5.92 Å². The quantitative estimate of drug-likeness (QED) is 0.515. The lowest BCUT2D eigenvalue weighted by Crippen LogP contribution is -2.33. The van der Waals surface area contributed by atoms with Gasteiger partial charge < -0.3 is 9.64 Å². The standard InChI is InChI=1S/C13H27ClN2O/c1-13(2)12-17-11-10-16-6-3-5-15(7-4-14)8-9-16/h13H,3-12H2,1-2H3. The molecule has 0 atom stereocenters. The predicted octanol–water partition coefficient (Wildman–Crippen LogP) is 1.91. The van der Waals surface area contributed by atoms with Gasteiger partial charge >= 0.3 is 0 Å². The van der Waals surface area contributed by atoms with Crippen molar-refractivity contribution in [1.29, 1.82) is 0 Å². The molecule has 0 saturated carbocycles. The molecular weight excluding hydrogens is 236 g/mol. The van der Waals surface area contributed by atoms with E-state index in [0.717, 1.165) is 45.3 Å². The van der Waals surface area contributed by atoms with Crippen molar-refractivity contribution >= 4 is 11.6 Å². The number of alkyl halides is 1. The second-order valence-electron chi connectivity index (χ2n) is 5.19. The third kappa shape index (κ3) is 7.24.